The molecule has 21 heavy (non-hydrogen) atoms. The maximum Gasteiger partial charge on any atom is 0.138 e. The Balaban J connectivity index is 1.97. The third kappa shape index (κ3) is 4.61. The number of phenols is 1. The van der Waals surface area contributed by atoms with Gasteiger partial charge in [-0.05, 0) is 23.3 Å². The van der Waals surface area contributed by atoms with Gasteiger partial charge in [0.1, 0.15) is 5.75 Å². The van der Waals surface area contributed by atoms with E-state index < -0.39 is 0 Å². The van der Waals surface area contributed by atoms with Gasteiger partial charge in [0.05, 0.1) is 11.6 Å². The maximum absolute atomic E-state index is 9.89. The Morgan fingerprint density at radius 1 is 1.10 bits per heavy atom. The van der Waals surface area contributed by atoms with E-state index in [0.29, 0.717) is 30.3 Å². The van der Waals surface area contributed by atoms with Crippen LogP contribution in [0, 0.1) is 0 Å². The van der Waals surface area contributed by atoms with E-state index in [1.165, 1.54) is 6.07 Å². The number of methoxy groups -OCH3 is 1. The topological polar surface area (TPSA) is 41.5 Å². The molecule has 0 heterocycles. The molecule has 0 saturated heterocycles. The van der Waals surface area contributed by atoms with Crippen molar-refractivity contribution in [2.45, 2.75) is 19.7 Å². The van der Waals surface area contributed by atoms with Gasteiger partial charge in [-0.25, -0.2) is 0 Å². The fourth-order valence-corrected chi connectivity index (χ4v) is 2.63. The van der Waals surface area contributed by atoms with Crippen LogP contribution in [0.15, 0.2) is 36.4 Å². The average Bonchev–Trinajstić information content (AvgIpc) is 2.45. The second-order valence-electron chi connectivity index (χ2n) is 4.75. The van der Waals surface area contributed by atoms with Gasteiger partial charge >= 0.3 is 0 Å². The zero-order valence-electron chi connectivity index (χ0n) is 11.7. The second kappa shape index (κ2) is 7.66. The highest BCUT2D eigenvalue weighted by atomic mass is 35.5. The number of ether oxygens (including phenoxy) is 1. The number of hydrogen-bond acceptors (Lipinski definition) is 3. The Hall–Kier alpha value is -1.26. The van der Waals surface area contributed by atoms with Crippen LogP contribution in [-0.2, 0) is 24.4 Å². The predicted molar refractivity (Wildman–Crippen MR) is 85.8 cm³/mol. The summed E-state index contributed by atoms with van der Waals surface area (Å²) in [6, 6.07) is 11.4. The highest BCUT2D eigenvalue weighted by molar-refractivity contribution is 6.35. The lowest BCUT2D eigenvalue weighted by atomic mass is 10.1. The van der Waals surface area contributed by atoms with Gasteiger partial charge in [-0.15, -0.1) is 0 Å². The van der Waals surface area contributed by atoms with Gasteiger partial charge in [0.25, 0.3) is 0 Å². The molecule has 0 bridgehead atoms. The summed E-state index contributed by atoms with van der Waals surface area (Å²) in [5, 5.41) is 13.9. The minimum absolute atomic E-state index is 0.0710. The summed E-state index contributed by atoms with van der Waals surface area (Å²) < 4.78 is 5.12. The molecule has 0 aliphatic rings. The van der Waals surface area contributed by atoms with Crippen LogP contribution in [-0.4, -0.2) is 12.2 Å². The molecule has 2 aromatic carbocycles. The van der Waals surface area contributed by atoms with Gasteiger partial charge in [0, 0.05) is 30.8 Å². The van der Waals surface area contributed by atoms with Crippen molar-refractivity contribution in [1.29, 1.82) is 0 Å². The highest BCUT2D eigenvalue weighted by Crippen LogP contribution is 2.31. The number of rotatable bonds is 6. The zero-order valence-corrected chi connectivity index (χ0v) is 13.2. The molecule has 0 aliphatic heterocycles. The van der Waals surface area contributed by atoms with Crippen molar-refractivity contribution in [3.05, 3.63) is 63.1 Å². The van der Waals surface area contributed by atoms with Gasteiger partial charge in [-0.2, -0.15) is 0 Å². The normalized spacial score (nSPS) is 10.8. The van der Waals surface area contributed by atoms with Crippen molar-refractivity contribution in [2.75, 3.05) is 7.11 Å². The van der Waals surface area contributed by atoms with Gasteiger partial charge in [0.2, 0.25) is 0 Å². The summed E-state index contributed by atoms with van der Waals surface area (Å²) in [7, 11) is 1.68. The first-order valence-electron chi connectivity index (χ1n) is 6.54. The van der Waals surface area contributed by atoms with Gasteiger partial charge < -0.3 is 15.2 Å². The molecule has 2 rings (SSSR count). The maximum atomic E-state index is 9.89. The van der Waals surface area contributed by atoms with Crippen LogP contribution < -0.4 is 5.32 Å². The molecule has 0 aliphatic carbocycles. The lowest BCUT2D eigenvalue weighted by Gasteiger charge is -2.10. The third-order valence-corrected chi connectivity index (χ3v) is 3.56. The Bertz CT molecular complexity index is 617. The van der Waals surface area contributed by atoms with Crippen LogP contribution in [0.3, 0.4) is 0 Å². The molecule has 0 aromatic heterocycles. The summed E-state index contributed by atoms with van der Waals surface area (Å²) in [6.07, 6.45) is 0. The van der Waals surface area contributed by atoms with Gasteiger partial charge in [0.15, 0.2) is 0 Å². The van der Waals surface area contributed by atoms with Crippen molar-refractivity contribution in [2.24, 2.45) is 0 Å². The minimum atomic E-state index is 0.0710. The quantitative estimate of drug-likeness (QED) is 0.838. The lowest BCUT2D eigenvalue weighted by Crippen LogP contribution is -2.13. The van der Waals surface area contributed by atoms with E-state index in [1.54, 1.807) is 13.2 Å². The first-order chi connectivity index (χ1) is 10.1. The SMILES string of the molecule is COCc1cccc(CNCc2cc(Cl)cc(Cl)c2O)c1. The van der Waals surface area contributed by atoms with E-state index >= 15 is 0 Å². The van der Waals surface area contributed by atoms with Crippen LogP contribution in [0.25, 0.3) is 0 Å². The molecule has 3 nitrogen and oxygen atoms in total. The standard InChI is InChI=1S/C16H17Cl2NO2/c1-21-10-12-4-2-3-11(5-12)8-19-9-13-6-14(17)7-15(18)16(13)20/h2-7,19-20H,8-10H2,1H3. The molecule has 0 saturated carbocycles. The van der Waals surface area contributed by atoms with Gasteiger partial charge in [-0.3, -0.25) is 0 Å². The average molecular weight is 326 g/mol. The molecular formula is C16H17Cl2NO2. The highest BCUT2D eigenvalue weighted by Gasteiger charge is 2.07. The molecule has 0 unspecified atom stereocenters. The van der Waals surface area contributed by atoms with Crippen LogP contribution >= 0.6 is 23.2 Å². The van der Waals surface area contributed by atoms with E-state index in [2.05, 4.69) is 11.4 Å². The molecule has 112 valence electrons. The van der Waals surface area contributed by atoms with E-state index in [9.17, 15) is 5.11 Å². The Labute approximate surface area is 134 Å². The molecule has 0 radical (unpaired) electrons. The van der Waals surface area contributed by atoms with Crippen molar-refractivity contribution >= 4 is 23.2 Å². The van der Waals surface area contributed by atoms with Crippen molar-refractivity contribution in [3.63, 3.8) is 0 Å². The molecule has 2 aromatic rings. The monoisotopic (exact) mass is 325 g/mol. The number of hydrogen-bond donors (Lipinski definition) is 2. The minimum Gasteiger partial charge on any atom is -0.506 e. The molecule has 0 amide bonds. The fourth-order valence-electron chi connectivity index (χ4n) is 2.09. The predicted octanol–water partition coefficient (Wildman–Crippen LogP) is 4.14. The van der Waals surface area contributed by atoms with Crippen molar-refractivity contribution in [1.82, 2.24) is 5.32 Å². The van der Waals surface area contributed by atoms with E-state index in [1.807, 2.05) is 18.2 Å². The number of benzene rings is 2. The molecule has 0 spiro atoms. The second-order valence-corrected chi connectivity index (χ2v) is 5.60. The van der Waals surface area contributed by atoms with Crippen LogP contribution in [0.4, 0.5) is 0 Å². The van der Waals surface area contributed by atoms with Crippen LogP contribution in [0.5, 0.6) is 5.75 Å². The van der Waals surface area contributed by atoms with E-state index in [0.717, 1.165) is 11.1 Å². The Morgan fingerprint density at radius 3 is 2.62 bits per heavy atom. The first kappa shape index (κ1) is 16.1. The largest absolute Gasteiger partial charge is 0.506 e. The van der Waals surface area contributed by atoms with Crippen LogP contribution in [0.1, 0.15) is 16.7 Å². The molecule has 0 fully saturated rings. The molecule has 5 heteroatoms. The summed E-state index contributed by atoms with van der Waals surface area (Å²) in [5.41, 5.74) is 2.96. The lowest BCUT2D eigenvalue weighted by molar-refractivity contribution is 0.185. The number of phenolic OH excluding ortho intramolecular Hbond substituents is 1. The number of halogens is 2. The van der Waals surface area contributed by atoms with E-state index in [4.69, 9.17) is 27.9 Å². The zero-order chi connectivity index (χ0) is 15.2. The smallest absolute Gasteiger partial charge is 0.138 e. The van der Waals surface area contributed by atoms with Crippen LogP contribution in [0.2, 0.25) is 10.0 Å². The summed E-state index contributed by atoms with van der Waals surface area (Å²) in [6.45, 7) is 1.76. The first-order valence-corrected chi connectivity index (χ1v) is 7.30. The number of aromatic hydroxyl groups is 1. The van der Waals surface area contributed by atoms with Crippen molar-refractivity contribution < 1.29 is 9.84 Å². The third-order valence-electron chi connectivity index (χ3n) is 3.05. The fraction of sp³-hybridized carbons (Fsp3) is 0.250. The summed E-state index contributed by atoms with van der Waals surface area (Å²) in [4.78, 5) is 0. The van der Waals surface area contributed by atoms with E-state index in [-0.39, 0.29) is 10.8 Å². The molecular weight excluding hydrogens is 309 g/mol. The summed E-state index contributed by atoms with van der Waals surface area (Å²) in [5.74, 6) is 0.0710. The number of nitrogens with one attached hydrogen (secondary N) is 1. The summed E-state index contributed by atoms with van der Waals surface area (Å²) >= 11 is 11.8. The molecule has 2 N–H and O–H groups in total. The van der Waals surface area contributed by atoms with Crippen molar-refractivity contribution in [3.8, 4) is 5.75 Å². The molecule has 0 atom stereocenters. The van der Waals surface area contributed by atoms with Gasteiger partial charge in [-0.1, -0.05) is 47.5 Å². The Kier molecular flexibility index (Phi) is 5.88. The Morgan fingerprint density at radius 2 is 1.86 bits per heavy atom.